The van der Waals surface area contributed by atoms with Crippen LogP contribution >= 0.6 is 0 Å². The molecule has 2 N–H and O–H groups in total. The van der Waals surface area contributed by atoms with E-state index in [0.29, 0.717) is 19.5 Å². The Morgan fingerprint density at radius 2 is 1.48 bits per heavy atom. The molecular weight excluding hydrogens is 416 g/mol. The number of hydrogen-bond acceptors (Lipinski definition) is 5. The number of amides is 2. The van der Waals surface area contributed by atoms with Gasteiger partial charge in [0.25, 0.3) is 0 Å². The molecule has 1 aliphatic rings. The van der Waals surface area contributed by atoms with E-state index in [-0.39, 0.29) is 6.04 Å². The van der Waals surface area contributed by atoms with Crippen molar-refractivity contribution >= 4 is 17.5 Å². The molecule has 0 unspecified atom stereocenters. The molecule has 1 fully saturated rings. The van der Waals surface area contributed by atoms with Crippen molar-refractivity contribution in [2.75, 3.05) is 44.2 Å². The van der Waals surface area contributed by atoms with Crippen molar-refractivity contribution in [2.45, 2.75) is 12.5 Å². The first kappa shape index (κ1) is 22.6. The molecule has 0 aliphatic carbocycles. The number of carbonyl (C=O) groups is 2. The van der Waals surface area contributed by atoms with E-state index in [9.17, 15) is 9.59 Å². The molecule has 0 spiro atoms. The smallest absolute Gasteiger partial charge is 0.309 e. The van der Waals surface area contributed by atoms with E-state index >= 15 is 0 Å². The summed E-state index contributed by atoms with van der Waals surface area (Å²) in [6.45, 7) is 4.16. The van der Waals surface area contributed by atoms with Crippen LogP contribution in [0.1, 0.15) is 17.4 Å². The fourth-order valence-corrected chi connectivity index (χ4v) is 4.14. The average molecular weight is 447 g/mol. The van der Waals surface area contributed by atoms with Crippen LogP contribution in [0.3, 0.4) is 0 Å². The van der Waals surface area contributed by atoms with Gasteiger partial charge in [-0.25, -0.2) is 0 Å². The molecule has 0 saturated carbocycles. The van der Waals surface area contributed by atoms with E-state index in [2.05, 4.69) is 32.6 Å². The maximum Gasteiger partial charge on any atom is 0.309 e. The number of nitrogens with one attached hydrogen (secondary N) is 2. The summed E-state index contributed by atoms with van der Waals surface area (Å²) in [4.78, 5) is 29.3. The third-order valence-electron chi connectivity index (χ3n) is 5.95. The molecule has 0 radical (unpaired) electrons. The summed E-state index contributed by atoms with van der Waals surface area (Å²) in [5, 5.41) is 5.49. The van der Waals surface area contributed by atoms with E-state index < -0.39 is 11.8 Å². The number of anilines is 1. The third-order valence-corrected chi connectivity index (χ3v) is 5.95. The minimum absolute atomic E-state index is 0.126. The zero-order valence-electron chi connectivity index (χ0n) is 18.7. The highest BCUT2D eigenvalue weighted by atomic mass is 16.3. The summed E-state index contributed by atoms with van der Waals surface area (Å²) in [5.41, 5.74) is 2.33. The summed E-state index contributed by atoms with van der Waals surface area (Å²) in [6.07, 6.45) is 2.32. The van der Waals surface area contributed by atoms with Gasteiger partial charge in [0.1, 0.15) is 5.76 Å². The van der Waals surface area contributed by atoms with Crippen molar-refractivity contribution in [2.24, 2.45) is 0 Å². The van der Waals surface area contributed by atoms with Crippen molar-refractivity contribution < 1.29 is 14.0 Å². The normalized spacial score (nSPS) is 15.1. The number of benzene rings is 2. The lowest BCUT2D eigenvalue weighted by atomic mass is 10.1. The minimum atomic E-state index is -0.623. The first-order valence-corrected chi connectivity index (χ1v) is 11.4. The lowest BCUT2D eigenvalue weighted by molar-refractivity contribution is -0.139. The van der Waals surface area contributed by atoms with Crippen LogP contribution in [-0.2, 0) is 16.0 Å². The summed E-state index contributed by atoms with van der Waals surface area (Å²) >= 11 is 0. The van der Waals surface area contributed by atoms with Crippen LogP contribution < -0.4 is 15.5 Å². The SMILES string of the molecule is O=C(NCCc1ccccc1)C(=O)NC[C@H](c1ccco1)N1CCN(c2ccccc2)CC1. The maximum atomic E-state index is 12.4. The standard InChI is InChI=1S/C26H30N4O3/c31-25(27-14-13-21-8-3-1-4-9-21)26(32)28-20-23(24-12-7-19-33-24)30-17-15-29(16-18-30)22-10-5-2-6-11-22/h1-12,19,23H,13-18,20H2,(H,27,31)(H,28,32)/t23-/m1/s1. The lowest BCUT2D eigenvalue weighted by Gasteiger charge is -2.39. The minimum Gasteiger partial charge on any atom is -0.468 e. The quantitative estimate of drug-likeness (QED) is 0.520. The predicted molar refractivity (Wildman–Crippen MR) is 128 cm³/mol. The number of rotatable bonds is 8. The zero-order valence-corrected chi connectivity index (χ0v) is 18.7. The number of carbonyl (C=O) groups excluding carboxylic acids is 2. The van der Waals surface area contributed by atoms with Gasteiger partial charge in [-0.05, 0) is 36.2 Å². The molecule has 7 heteroatoms. The highest BCUT2D eigenvalue weighted by Crippen LogP contribution is 2.24. The van der Waals surface area contributed by atoms with Crippen LogP contribution in [0.5, 0.6) is 0 Å². The Morgan fingerprint density at radius 1 is 0.818 bits per heavy atom. The number of piperazine rings is 1. The lowest BCUT2D eigenvalue weighted by Crippen LogP contribution is -2.50. The highest BCUT2D eigenvalue weighted by Gasteiger charge is 2.28. The molecule has 0 bridgehead atoms. The predicted octanol–water partition coefficient (Wildman–Crippen LogP) is 2.62. The number of hydrogen-bond donors (Lipinski definition) is 2. The molecule has 2 heterocycles. The molecule has 1 saturated heterocycles. The molecule has 2 aromatic carbocycles. The Morgan fingerprint density at radius 3 is 2.15 bits per heavy atom. The van der Waals surface area contributed by atoms with Crippen LogP contribution in [0.25, 0.3) is 0 Å². The Hall–Kier alpha value is -3.58. The molecule has 7 nitrogen and oxygen atoms in total. The van der Waals surface area contributed by atoms with E-state index in [1.807, 2.05) is 60.7 Å². The van der Waals surface area contributed by atoms with E-state index in [4.69, 9.17) is 4.42 Å². The molecule has 1 atom stereocenters. The highest BCUT2D eigenvalue weighted by molar-refractivity contribution is 6.35. The van der Waals surface area contributed by atoms with Crippen LogP contribution in [0, 0.1) is 0 Å². The van der Waals surface area contributed by atoms with Gasteiger partial charge in [0.05, 0.1) is 12.3 Å². The van der Waals surface area contributed by atoms with Crippen molar-refractivity contribution in [3.05, 3.63) is 90.4 Å². The van der Waals surface area contributed by atoms with Crippen molar-refractivity contribution in [1.29, 1.82) is 0 Å². The zero-order chi connectivity index (χ0) is 22.9. The molecule has 2 amide bonds. The monoisotopic (exact) mass is 446 g/mol. The van der Waals surface area contributed by atoms with Crippen molar-refractivity contribution in [1.82, 2.24) is 15.5 Å². The van der Waals surface area contributed by atoms with Gasteiger partial charge in [-0.3, -0.25) is 14.5 Å². The first-order valence-electron chi connectivity index (χ1n) is 11.4. The van der Waals surface area contributed by atoms with Gasteiger partial charge in [0, 0.05) is 45.0 Å². The van der Waals surface area contributed by atoms with Crippen LogP contribution in [-0.4, -0.2) is 56.0 Å². The van der Waals surface area contributed by atoms with E-state index in [1.165, 1.54) is 5.69 Å². The first-order chi connectivity index (χ1) is 16.2. The van der Waals surface area contributed by atoms with E-state index in [0.717, 1.165) is 37.5 Å². The number of nitrogens with zero attached hydrogens (tertiary/aromatic N) is 2. The Labute approximate surface area is 194 Å². The molecule has 4 rings (SSSR count). The summed E-state index contributed by atoms with van der Waals surface area (Å²) < 4.78 is 5.66. The van der Waals surface area contributed by atoms with Gasteiger partial charge in [0.15, 0.2) is 0 Å². The molecular formula is C26H30N4O3. The van der Waals surface area contributed by atoms with Crippen LogP contribution in [0.4, 0.5) is 5.69 Å². The largest absolute Gasteiger partial charge is 0.468 e. The molecule has 3 aromatic rings. The second-order valence-corrected chi connectivity index (χ2v) is 8.09. The van der Waals surface area contributed by atoms with Crippen molar-refractivity contribution in [3.63, 3.8) is 0 Å². The molecule has 1 aliphatic heterocycles. The second kappa shape index (κ2) is 11.3. The Balaban J connectivity index is 1.28. The average Bonchev–Trinajstić information content (AvgIpc) is 3.40. The van der Waals surface area contributed by atoms with Gasteiger partial charge in [-0.2, -0.15) is 0 Å². The number of furan rings is 1. The summed E-state index contributed by atoms with van der Waals surface area (Å²) in [5.74, 6) is -0.450. The topological polar surface area (TPSA) is 77.8 Å². The third kappa shape index (κ3) is 6.23. The molecule has 1 aromatic heterocycles. The Bertz CT molecular complexity index is 1000. The summed E-state index contributed by atoms with van der Waals surface area (Å²) in [7, 11) is 0. The maximum absolute atomic E-state index is 12.4. The van der Waals surface area contributed by atoms with Gasteiger partial charge < -0.3 is 20.0 Å². The fourth-order valence-electron chi connectivity index (χ4n) is 4.14. The van der Waals surface area contributed by atoms with Crippen molar-refractivity contribution in [3.8, 4) is 0 Å². The summed E-state index contributed by atoms with van der Waals surface area (Å²) in [6, 6.07) is 23.9. The van der Waals surface area contributed by atoms with Gasteiger partial charge >= 0.3 is 11.8 Å². The molecule has 172 valence electrons. The fraction of sp³-hybridized carbons (Fsp3) is 0.308. The van der Waals surface area contributed by atoms with Gasteiger partial charge in [-0.15, -0.1) is 0 Å². The van der Waals surface area contributed by atoms with Crippen LogP contribution in [0.2, 0.25) is 0 Å². The Kier molecular flexibility index (Phi) is 7.76. The second-order valence-electron chi connectivity index (χ2n) is 8.09. The van der Waals surface area contributed by atoms with Crippen LogP contribution in [0.15, 0.2) is 83.5 Å². The van der Waals surface area contributed by atoms with Gasteiger partial charge in [-0.1, -0.05) is 48.5 Å². The molecule has 33 heavy (non-hydrogen) atoms. The number of para-hydroxylation sites is 1. The van der Waals surface area contributed by atoms with E-state index in [1.54, 1.807) is 6.26 Å². The van der Waals surface area contributed by atoms with Gasteiger partial charge in [0.2, 0.25) is 0 Å².